The topological polar surface area (TPSA) is 130 Å². The zero-order valence-corrected chi connectivity index (χ0v) is 16.9. The molecule has 2 rings (SSSR count). The summed E-state index contributed by atoms with van der Waals surface area (Å²) in [5, 5.41) is 10.5. The van der Waals surface area contributed by atoms with E-state index < -0.39 is 0 Å². The smallest absolute Gasteiger partial charge is 0.257 e. The number of nitrogens with two attached hydrogens (primary N) is 2. The lowest BCUT2D eigenvalue weighted by Crippen LogP contribution is -2.31. The van der Waals surface area contributed by atoms with Crippen molar-refractivity contribution in [2.24, 2.45) is 21.5 Å². The van der Waals surface area contributed by atoms with Crippen molar-refractivity contribution in [1.82, 2.24) is 4.90 Å². The number of hydrogen-bond donors (Lipinski definition) is 3. The van der Waals surface area contributed by atoms with Gasteiger partial charge in [-0.15, -0.1) is 0 Å². The van der Waals surface area contributed by atoms with Gasteiger partial charge in [-0.2, -0.15) is 0 Å². The predicted molar refractivity (Wildman–Crippen MR) is 110 cm³/mol. The molecule has 1 aromatic carbocycles. The molecule has 0 unspecified atom stereocenters. The van der Waals surface area contributed by atoms with Crippen molar-refractivity contribution in [3.8, 4) is 5.75 Å². The zero-order valence-electron chi connectivity index (χ0n) is 16.9. The van der Waals surface area contributed by atoms with E-state index >= 15 is 0 Å². The third-order valence-corrected chi connectivity index (χ3v) is 4.26. The summed E-state index contributed by atoms with van der Waals surface area (Å²) in [6.45, 7) is 5.55. The maximum atomic E-state index is 12.3. The molecule has 8 heteroatoms. The molecular formula is C20H27N5O3. The average molecular weight is 385 g/mol. The van der Waals surface area contributed by atoms with Gasteiger partial charge in [-0.25, -0.2) is 4.99 Å². The molecule has 2 aromatic rings. The van der Waals surface area contributed by atoms with Crippen molar-refractivity contribution in [2.75, 3.05) is 14.1 Å². The van der Waals surface area contributed by atoms with E-state index in [-0.39, 0.29) is 40.6 Å². The Balaban J connectivity index is 2.39. The molecule has 1 aromatic heterocycles. The Bertz CT molecular complexity index is 928. The molecule has 0 radical (unpaired) electrons. The SMILES string of the molecule is CC[C@@H](N=C(N)C(N)=Nc1ccc(C)c(C(=O)N(C)C)c1O)c1ccc(C)o1. The third kappa shape index (κ3) is 4.51. The minimum absolute atomic E-state index is 0.0290. The molecular weight excluding hydrogens is 358 g/mol. The van der Waals surface area contributed by atoms with Crippen molar-refractivity contribution >= 4 is 23.3 Å². The maximum Gasteiger partial charge on any atom is 0.257 e. The number of carbonyl (C=O) groups is 1. The second-order valence-electron chi connectivity index (χ2n) is 6.71. The largest absolute Gasteiger partial charge is 0.505 e. The number of carbonyl (C=O) groups excluding carboxylic acids is 1. The minimum atomic E-state index is -0.327. The molecule has 8 nitrogen and oxygen atoms in total. The van der Waals surface area contributed by atoms with Crippen LogP contribution < -0.4 is 11.5 Å². The molecule has 0 aliphatic carbocycles. The second-order valence-corrected chi connectivity index (χ2v) is 6.71. The van der Waals surface area contributed by atoms with Gasteiger partial charge in [0.2, 0.25) is 0 Å². The summed E-state index contributed by atoms with van der Waals surface area (Å²) in [5.41, 5.74) is 12.9. The predicted octanol–water partition coefficient (Wildman–Crippen LogP) is 2.80. The molecule has 0 fully saturated rings. The van der Waals surface area contributed by atoms with Crippen LogP contribution in [0.2, 0.25) is 0 Å². The van der Waals surface area contributed by atoms with Crippen LogP contribution in [0.4, 0.5) is 5.69 Å². The second kappa shape index (κ2) is 8.60. The Kier molecular flexibility index (Phi) is 6.45. The van der Waals surface area contributed by atoms with Gasteiger partial charge in [-0.1, -0.05) is 13.0 Å². The van der Waals surface area contributed by atoms with Crippen LogP contribution in [0.15, 0.2) is 38.7 Å². The number of aryl methyl sites for hydroxylation is 2. The lowest BCUT2D eigenvalue weighted by atomic mass is 10.1. The van der Waals surface area contributed by atoms with Crippen LogP contribution >= 0.6 is 0 Å². The number of furan rings is 1. The first kappa shape index (κ1) is 21.0. The number of benzene rings is 1. The summed E-state index contributed by atoms with van der Waals surface area (Å²) in [6, 6.07) is 6.67. The number of rotatable bonds is 5. The van der Waals surface area contributed by atoms with Gasteiger partial charge in [-0.3, -0.25) is 9.79 Å². The van der Waals surface area contributed by atoms with Gasteiger partial charge >= 0.3 is 0 Å². The van der Waals surface area contributed by atoms with Crippen LogP contribution in [-0.4, -0.2) is 41.7 Å². The Hall–Kier alpha value is -3.29. The van der Waals surface area contributed by atoms with Gasteiger partial charge in [0, 0.05) is 14.1 Å². The van der Waals surface area contributed by atoms with Crippen molar-refractivity contribution in [1.29, 1.82) is 0 Å². The first-order valence-electron chi connectivity index (χ1n) is 8.94. The highest BCUT2D eigenvalue weighted by molar-refractivity contribution is 6.39. The van der Waals surface area contributed by atoms with Crippen LogP contribution in [-0.2, 0) is 0 Å². The van der Waals surface area contributed by atoms with E-state index in [1.165, 1.54) is 4.90 Å². The van der Waals surface area contributed by atoms with Crippen LogP contribution in [0, 0.1) is 13.8 Å². The number of hydrogen-bond acceptors (Lipinski definition) is 5. The highest BCUT2D eigenvalue weighted by atomic mass is 16.3. The number of nitrogens with zero attached hydrogens (tertiary/aromatic N) is 3. The molecule has 1 heterocycles. The molecule has 1 atom stereocenters. The Morgan fingerprint density at radius 3 is 2.39 bits per heavy atom. The lowest BCUT2D eigenvalue weighted by Gasteiger charge is -2.15. The number of phenolic OH excluding ortho intramolecular Hbond substituents is 1. The molecule has 0 aliphatic heterocycles. The molecule has 150 valence electrons. The summed E-state index contributed by atoms with van der Waals surface area (Å²) >= 11 is 0. The van der Waals surface area contributed by atoms with Crippen LogP contribution in [0.3, 0.4) is 0 Å². The Morgan fingerprint density at radius 1 is 1.18 bits per heavy atom. The fraction of sp³-hybridized carbons (Fsp3) is 0.350. The molecule has 1 amide bonds. The molecule has 0 aliphatic rings. The van der Waals surface area contributed by atoms with Gasteiger partial charge in [0.1, 0.15) is 23.2 Å². The highest BCUT2D eigenvalue weighted by Gasteiger charge is 2.20. The first-order valence-corrected chi connectivity index (χ1v) is 8.94. The molecule has 0 saturated heterocycles. The minimum Gasteiger partial charge on any atom is -0.505 e. The number of amides is 1. The summed E-state index contributed by atoms with van der Waals surface area (Å²) in [6.07, 6.45) is 0.665. The summed E-state index contributed by atoms with van der Waals surface area (Å²) < 4.78 is 5.61. The van der Waals surface area contributed by atoms with Gasteiger partial charge < -0.3 is 25.9 Å². The van der Waals surface area contributed by atoms with E-state index in [0.29, 0.717) is 17.7 Å². The maximum absolute atomic E-state index is 12.3. The van der Waals surface area contributed by atoms with E-state index in [4.69, 9.17) is 15.9 Å². The van der Waals surface area contributed by atoms with E-state index in [2.05, 4.69) is 9.98 Å². The standard InChI is InChI=1S/C20H27N5O3/c1-6-13(15-10-8-12(3)28-15)23-18(21)19(22)24-14-9-7-11(2)16(17(14)26)20(27)25(4)5/h7-10,13,26H,6H2,1-5H3,(H2,21,23)(H2,22,24)/t13-/m1/s1. The van der Waals surface area contributed by atoms with Gasteiger partial charge in [0.25, 0.3) is 5.91 Å². The number of aromatic hydroxyl groups is 1. The fourth-order valence-electron chi connectivity index (χ4n) is 2.67. The average Bonchev–Trinajstić information content (AvgIpc) is 3.07. The third-order valence-electron chi connectivity index (χ3n) is 4.26. The van der Waals surface area contributed by atoms with Crippen LogP contribution in [0.5, 0.6) is 5.75 Å². The van der Waals surface area contributed by atoms with E-state index in [0.717, 1.165) is 5.76 Å². The van der Waals surface area contributed by atoms with Crippen molar-refractivity contribution < 1.29 is 14.3 Å². The van der Waals surface area contributed by atoms with E-state index in [1.807, 2.05) is 26.0 Å². The Labute approximate surface area is 164 Å². The number of phenols is 1. The lowest BCUT2D eigenvalue weighted by molar-refractivity contribution is 0.0824. The summed E-state index contributed by atoms with van der Waals surface area (Å²) in [4.78, 5) is 22.3. The van der Waals surface area contributed by atoms with E-state index in [9.17, 15) is 9.90 Å². The number of amidine groups is 2. The highest BCUT2D eigenvalue weighted by Crippen LogP contribution is 2.33. The summed E-state index contributed by atoms with van der Waals surface area (Å²) in [7, 11) is 3.22. The normalized spacial score (nSPS) is 13.5. The fourth-order valence-corrected chi connectivity index (χ4v) is 2.67. The van der Waals surface area contributed by atoms with Gasteiger partial charge in [0.05, 0.1) is 5.56 Å². The number of aliphatic imine (C=N–C) groups is 2. The summed E-state index contributed by atoms with van der Waals surface area (Å²) in [5.74, 6) is 0.875. The molecule has 0 bridgehead atoms. The quantitative estimate of drug-likeness (QED) is 0.538. The molecule has 0 spiro atoms. The van der Waals surface area contributed by atoms with Crippen LogP contribution in [0.25, 0.3) is 0 Å². The van der Waals surface area contributed by atoms with Gasteiger partial charge in [-0.05, 0) is 44.0 Å². The van der Waals surface area contributed by atoms with Crippen molar-refractivity contribution in [2.45, 2.75) is 33.2 Å². The van der Waals surface area contributed by atoms with Crippen molar-refractivity contribution in [3.63, 3.8) is 0 Å². The van der Waals surface area contributed by atoms with Crippen molar-refractivity contribution in [3.05, 3.63) is 46.9 Å². The molecule has 0 saturated carbocycles. The Morgan fingerprint density at radius 2 is 1.86 bits per heavy atom. The molecule has 28 heavy (non-hydrogen) atoms. The zero-order chi connectivity index (χ0) is 21.0. The van der Waals surface area contributed by atoms with E-state index in [1.54, 1.807) is 33.2 Å². The monoisotopic (exact) mass is 385 g/mol. The first-order chi connectivity index (χ1) is 13.1. The molecule has 5 N–H and O–H groups in total. The van der Waals surface area contributed by atoms with Crippen LogP contribution in [0.1, 0.15) is 46.8 Å². The van der Waals surface area contributed by atoms with Gasteiger partial charge in [0.15, 0.2) is 17.4 Å².